The Balaban J connectivity index is 2.07. The Kier molecular flexibility index (Phi) is 9.44. The molecule has 0 N–H and O–H groups in total. The van der Waals surface area contributed by atoms with Gasteiger partial charge >= 0.3 is 0 Å². The first-order valence-electron chi connectivity index (χ1n) is 10.2. The van der Waals surface area contributed by atoms with Gasteiger partial charge in [0.1, 0.15) is 0 Å². The number of aromatic nitrogens is 1. The number of nitrogens with zero attached hydrogens (tertiary/aromatic N) is 3. The minimum Gasteiger partial charge on any atom is -0.383 e. The lowest BCUT2D eigenvalue weighted by molar-refractivity contribution is -0.141. The molecule has 0 atom stereocenters. The summed E-state index contributed by atoms with van der Waals surface area (Å²) in [6, 6.07) is 13.6. The number of benzene rings is 1. The van der Waals surface area contributed by atoms with Gasteiger partial charge in [-0.15, -0.1) is 0 Å². The number of methoxy groups -OCH3 is 1. The van der Waals surface area contributed by atoms with E-state index in [2.05, 4.69) is 6.92 Å². The van der Waals surface area contributed by atoms with Gasteiger partial charge in [0.2, 0.25) is 11.8 Å². The van der Waals surface area contributed by atoms with Crippen molar-refractivity contribution in [1.29, 1.82) is 0 Å². The topological polar surface area (TPSA) is 54.8 Å². The van der Waals surface area contributed by atoms with Crippen molar-refractivity contribution in [1.82, 2.24) is 14.4 Å². The Labute approximate surface area is 174 Å². The lowest BCUT2D eigenvalue weighted by Crippen LogP contribution is -2.44. The van der Waals surface area contributed by atoms with Crippen LogP contribution in [0.25, 0.3) is 0 Å². The molecule has 0 bridgehead atoms. The molecule has 6 heteroatoms. The summed E-state index contributed by atoms with van der Waals surface area (Å²) >= 11 is 0. The molecular formula is C23H33N3O3. The summed E-state index contributed by atoms with van der Waals surface area (Å²) in [6.07, 6.45) is 4.13. The Bertz CT molecular complexity index is 758. The Morgan fingerprint density at radius 3 is 2.38 bits per heavy atom. The molecule has 0 aliphatic rings. The van der Waals surface area contributed by atoms with Gasteiger partial charge < -0.3 is 19.1 Å². The van der Waals surface area contributed by atoms with Gasteiger partial charge in [-0.1, -0.05) is 43.7 Å². The molecule has 1 aromatic heterocycles. The van der Waals surface area contributed by atoms with Crippen LogP contribution >= 0.6 is 0 Å². The van der Waals surface area contributed by atoms with Crippen molar-refractivity contribution in [3.05, 3.63) is 59.9 Å². The van der Waals surface area contributed by atoms with Crippen LogP contribution in [0.2, 0.25) is 0 Å². The van der Waals surface area contributed by atoms with Crippen LogP contribution in [-0.4, -0.2) is 59.5 Å². The van der Waals surface area contributed by atoms with E-state index in [0.29, 0.717) is 32.7 Å². The lowest BCUT2D eigenvalue weighted by atomic mass is 10.1. The number of ether oxygens (including phenoxy) is 1. The third-order valence-corrected chi connectivity index (χ3v) is 4.98. The summed E-state index contributed by atoms with van der Waals surface area (Å²) < 4.78 is 7.19. The minimum absolute atomic E-state index is 0.0106. The van der Waals surface area contributed by atoms with E-state index >= 15 is 0 Å². The number of rotatable bonds is 12. The SMILES string of the molecule is CCCCN(CC(=O)N(CCOC)Cc1cccn1C)C(=O)Cc1ccccc1. The normalized spacial score (nSPS) is 10.7. The zero-order valence-electron chi connectivity index (χ0n) is 17.8. The molecule has 0 saturated carbocycles. The van der Waals surface area contributed by atoms with Crippen LogP contribution in [-0.2, 0) is 34.3 Å². The highest BCUT2D eigenvalue weighted by Gasteiger charge is 2.22. The van der Waals surface area contributed by atoms with Crippen molar-refractivity contribution >= 4 is 11.8 Å². The van der Waals surface area contributed by atoms with Crippen LogP contribution in [0, 0.1) is 0 Å². The average Bonchev–Trinajstić information content (AvgIpc) is 3.13. The molecule has 6 nitrogen and oxygen atoms in total. The van der Waals surface area contributed by atoms with Crippen molar-refractivity contribution in [2.75, 3.05) is 33.4 Å². The second-order valence-corrected chi connectivity index (χ2v) is 7.25. The number of carbonyl (C=O) groups is 2. The fraction of sp³-hybridized carbons (Fsp3) is 0.478. The maximum absolute atomic E-state index is 13.1. The molecular weight excluding hydrogens is 366 g/mol. The smallest absolute Gasteiger partial charge is 0.242 e. The number of unbranched alkanes of at least 4 members (excludes halogenated alkanes) is 1. The maximum Gasteiger partial charge on any atom is 0.242 e. The molecule has 1 heterocycles. The van der Waals surface area contributed by atoms with Gasteiger partial charge in [0.05, 0.1) is 26.1 Å². The van der Waals surface area contributed by atoms with Crippen LogP contribution < -0.4 is 0 Å². The van der Waals surface area contributed by atoms with Crippen molar-refractivity contribution < 1.29 is 14.3 Å². The van der Waals surface area contributed by atoms with E-state index in [0.717, 1.165) is 24.1 Å². The highest BCUT2D eigenvalue weighted by atomic mass is 16.5. The molecule has 0 aliphatic carbocycles. The highest BCUT2D eigenvalue weighted by Crippen LogP contribution is 2.09. The van der Waals surface area contributed by atoms with Gasteiger partial charge in [0.15, 0.2) is 0 Å². The van der Waals surface area contributed by atoms with E-state index in [9.17, 15) is 9.59 Å². The van der Waals surface area contributed by atoms with Gasteiger partial charge in [-0.05, 0) is 24.1 Å². The lowest BCUT2D eigenvalue weighted by Gasteiger charge is -2.28. The molecule has 0 spiro atoms. The molecule has 2 amide bonds. The average molecular weight is 400 g/mol. The van der Waals surface area contributed by atoms with E-state index in [1.165, 1.54) is 0 Å². The van der Waals surface area contributed by atoms with Crippen LogP contribution in [0.15, 0.2) is 48.7 Å². The fourth-order valence-electron chi connectivity index (χ4n) is 3.14. The maximum atomic E-state index is 13.1. The van der Waals surface area contributed by atoms with Gasteiger partial charge in [-0.2, -0.15) is 0 Å². The van der Waals surface area contributed by atoms with E-state index in [4.69, 9.17) is 4.74 Å². The number of hydrogen-bond acceptors (Lipinski definition) is 3. The molecule has 158 valence electrons. The number of aryl methyl sites for hydroxylation is 1. The van der Waals surface area contributed by atoms with E-state index in [-0.39, 0.29) is 18.4 Å². The van der Waals surface area contributed by atoms with Crippen LogP contribution in [0.4, 0.5) is 0 Å². The first-order valence-corrected chi connectivity index (χ1v) is 10.2. The van der Waals surface area contributed by atoms with Crippen molar-refractivity contribution in [3.8, 4) is 0 Å². The Hall–Kier alpha value is -2.60. The molecule has 0 fully saturated rings. The summed E-state index contributed by atoms with van der Waals surface area (Å²) in [5.74, 6) is -0.0654. The second-order valence-electron chi connectivity index (χ2n) is 7.25. The molecule has 0 aliphatic heterocycles. The first-order chi connectivity index (χ1) is 14.0. The third-order valence-electron chi connectivity index (χ3n) is 4.98. The first kappa shape index (κ1) is 22.7. The zero-order chi connectivity index (χ0) is 21.1. The van der Waals surface area contributed by atoms with Gasteiger partial charge in [-0.3, -0.25) is 9.59 Å². The van der Waals surface area contributed by atoms with Gasteiger partial charge in [0, 0.05) is 39.1 Å². The Morgan fingerprint density at radius 2 is 1.76 bits per heavy atom. The molecule has 29 heavy (non-hydrogen) atoms. The predicted octanol–water partition coefficient (Wildman–Crippen LogP) is 2.87. The summed E-state index contributed by atoms with van der Waals surface area (Å²) in [6.45, 7) is 4.23. The molecule has 0 unspecified atom stereocenters. The largest absolute Gasteiger partial charge is 0.383 e. The summed E-state index contributed by atoms with van der Waals surface area (Å²) in [5.41, 5.74) is 2.01. The summed E-state index contributed by atoms with van der Waals surface area (Å²) in [4.78, 5) is 29.4. The summed E-state index contributed by atoms with van der Waals surface area (Å²) in [5, 5.41) is 0. The minimum atomic E-state index is -0.0548. The number of amides is 2. The number of carbonyl (C=O) groups excluding carboxylic acids is 2. The van der Waals surface area contributed by atoms with Crippen molar-refractivity contribution in [2.45, 2.75) is 32.7 Å². The predicted molar refractivity (Wildman–Crippen MR) is 114 cm³/mol. The fourth-order valence-corrected chi connectivity index (χ4v) is 3.14. The molecule has 2 aromatic rings. The van der Waals surface area contributed by atoms with Crippen LogP contribution in [0.3, 0.4) is 0 Å². The molecule has 2 rings (SSSR count). The Morgan fingerprint density at radius 1 is 1.00 bits per heavy atom. The van der Waals surface area contributed by atoms with Crippen LogP contribution in [0.5, 0.6) is 0 Å². The monoisotopic (exact) mass is 399 g/mol. The van der Waals surface area contributed by atoms with Gasteiger partial charge in [-0.25, -0.2) is 0 Å². The molecule has 1 aromatic carbocycles. The summed E-state index contributed by atoms with van der Waals surface area (Å²) in [7, 11) is 3.59. The quantitative estimate of drug-likeness (QED) is 0.551. The second kappa shape index (κ2) is 12.1. The third kappa shape index (κ3) is 7.38. The van der Waals surface area contributed by atoms with Crippen molar-refractivity contribution in [3.63, 3.8) is 0 Å². The van der Waals surface area contributed by atoms with Crippen molar-refractivity contribution in [2.24, 2.45) is 7.05 Å². The van der Waals surface area contributed by atoms with Crippen LogP contribution in [0.1, 0.15) is 31.0 Å². The zero-order valence-corrected chi connectivity index (χ0v) is 17.8. The molecule has 0 saturated heterocycles. The van der Waals surface area contributed by atoms with E-state index in [1.807, 2.05) is 60.3 Å². The van der Waals surface area contributed by atoms with E-state index < -0.39 is 0 Å². The molecule has 0 radical (unpaired) electrons. The van der Waals surface area contributed by atoms with Gasteiger partial charge in [0.25, 0.3) is 0 Å². The number of hydrogen-bond donors (Lipinski definition) is 0. The highest BCUT2D eigenvalue weighted by molar-refractivity contribution is 5.86. The van der Waals surface area contributed by atoms with E-state index in [1.54, 1.807) is 16.9 Å². The standard InChI is InChI=1S/C23H33N3O3/c1-4-5-14-25(22(27)17-20-10-7-6-8-11-20)19-23(28)26(15-16-29-3)18-21-12-9-13-24(21)2/h6-13H,4-5,14-19H2,1-3H3.